The summed E-state index contributed by atoms with van der Waals surface area (Å²) in [5.74, 6) is -0.801. The number of urea groups is 1. The molecule has 0 radical (unpaired) electrons. The number of fused-ring (bicyclic) bond motifs is 1. The van der Waals surface area contributed by atoms with E-state index in [1.807, 2.05) is 42.5 Å². The van der Waals surface area contributed by atoms with E-state index < -0.39 is 16.4 Å². The summed E-state index contributed by atoms with van der Waals surface area (Å²) < 4.78 is 0.448. The third kappa shape index (κ3) is 4.26. The molecule has 10 heteroatoms. The van der Waals surface area contributed by atoms with Crippen molar-refractivity contribution in [1.82, 2.24) is 15.1 Å². The van der Waals surface area contributed by atoms with Crippen LogP contribution in [0.2, 0.25) is 0 Å². The molecule has 1 unspecified atom stereocenters. The highest BCUT2D eigenvalue weighted by Crippen LogP contribution is 2.40. The lowest BCUT2D eigenvalue weighted by atomic mass is 9.84. The molecular formula is C26H26ClIN4O4. The zero-order valence-corrected chi connectivity index (χ0v) is 22.6. The number of hydrogen-bond acceptors (Lipinski definition) is 4. The van der Waals surface area contributed by atoms with Crippen LogP contribution in [0.25, 0.3) is 0 Å². The molecule has 2 heterocycles. The summed E-state index contributed by atoms with van der Waals surface area (Å²) in [5, 5.41) is 5.28. The standard InChI is InChI=1S/C26H26ClIN4O4/c1-31-24(36)30-22(34)26(31)11-17-7-8-20(9-18(17)12-26)29-21(33)14-32-13-19(16-5-3-2-4-6-16)10-25(27,15-28)23(32)35/h2-9,19H,10-15H2,1H3,(H,29,33)(H,30,34,36)/t19-,25?,26-/m1/s1. The van der Waals surface area contributed by atoms with E-state index in [-0.39, 0.29) is 30.2 Å². The summed E-state index contributed by atoms with van der Waals surface area (Å²) >= 11 is 8.89. The van der Waals surface area contributed by atoms with E-state index in [1.165, 1.54) is 4.90 Å². The quantitative estimate of drug-likeness (QED) is 0.305. The van der Waals surface area contributed by atoms with E-state index in [0.29, 0.717) is 35.9 Å². The maximum atomic E-state index is 13.2. The molecule has 8 nitrogen and oxygen atoms in total. The van der Waals surface area contributed by atoms with Crippen molar-refractivity contribution in [2.24, 2.45) is 0 Å². The molecule has 2 N–H and O–H groups in total. The summed E-state index contributed by atoms with van der Waals surface area (Å²) in [4.78, 5) is 52.6. The van der Waals surface area contributed by atoms with Gasteiger partial charge in [-0.2, -0.15) is 0 Å². The molecule has 2 aromatic carbocycles. The third-order valence-corrected chi connectivity index (χ3v) is 9.75. The Bertz CT molecular complexity index is 1260. The average Bonchev–Trinajstić information content (AvgIpc) is 3.35. The van der Waals surface area contributed by atoms with Crippen LogP contribution >= 0.6 is 34.2 Å². The Morgan fingerprint density at radius 1 is 1.14 bits per heavy atom. The largest absolute Gasteiger partial charge is 0.331 e. The Kier molecular flexibility index (Phi) is 6.48. The number of anilines is 1. The molecule has 36 heavy (non-hydrogen) atoms. The van der Waals surface area contributed by atoms with Gasteiger partial charge in [-0.25, -0.2) is 4.79 Å². The van der Waals surface area contributed by atoms with Gasteiger partial charge in [0.05, 0.1) is 6.54 Å². The fraction of sp³-hybridized carbons (Fsp3) is 0.385. The normalized spacial score (nSPS) is 27.4. The maximum Gasteiger partial charge on any atom is 0.324 e. The van der Waals surface area contributed by atoms with Crippen molar-refractivity contribution in [3.63, 3.8) is 0 Å². The lowest BCUT2D eigenvalue weighted by molar-refractivity contribution is -0.139. The second kappa shape index (κ2) is 9.33. The lowest BCUT2D eigenvalue weighted by Gasteiger charge is -2.41. The van der Waals surface area contributed by atoms with Crippen molar-refractivity contribution < 1.29 is 19.2 Å². The Hall–Kier alpha value is -2.66. The minimum atomic E-state index is -1.05. The smallest absolute Gasteiger partial charge is 0.324 e. The number of nitrogens with one attached hydrogen (secondary N) is 2. The highest BCUT2D eigenvalue weighted by Gasteiger charge is 2.54. The van der Waals surface area contributed by atoms with E-state index in [1.54, 1.807) is 18.0 Å². The van der Waals surface area contributed by atoms with E-state index >= 15 is 0 Å². The van der Waals surface area contributed by atoms with Crippen molar-refractivity contribution in [3.05, 3.63) is 65.2 Å². The number of hydrogen-bond donors (Lipinski definition) is 2. The summed E-state index contributed by atoms with van der Waals surface area (Å²) in [6, 6.07) is 15.0. The SMILES string of the molecule is CN1C(=O)NC(=O)[C@]12Cc1ccc(NC(=O)CN3C[C@H](c4ccccc4)CC(Cl)(CI)C3=O)cc1C2. The van der Waals surface area contributed by atoms with E-state index in [4.69, 9.17) is 11.6 Å². The van der Waals surface area contributed by atoms with Crippen LogP contribution in [0.15, 0.2) is 48.5 Å². The number of piperidine rings is 1. The summed E-state index contributed by atoms with van der Waals surface area (Å²) in [7, 11) is 1.62. The number of alkyl halides is 2. The number of likely N-dealkylation sites (tertiary alicyclic amines) is 1. The average molecular weight is 621 g/mol. The monoisotopic (exact) mass is 620 g/mol. The summed E-state index contributed by atoms with van der Waals surface area (Å²) in [6.07, 6.45) is 1.34. The van der Waals surface area contributed by atoms with Crippen molar-refractivity contribution in [2.75, 3.05) is 29.9 Å². The second-order valence-corrected chi connectivity index (χ2v) is 11.3. The van der Waals surface area contributed by atoms with Crippen LogP contribution in [0, 0.1) is 0 Å². The molecule has 1 aliphatic carbocycles. The number of nitrogens with zero attached hydrogens (tertiary/aromatic N) is 2. The zero-order chi connectivity index (χ0) is 25.7. The number of benzene rings is 2. The number of amides is 5. The fourth-order valence-electron chi connectivity index (χ4n) is 5.52. The van der Waals surface area contributed by atoms with Crippen molar-refractivity contribution in [2.45, 2.75) is 35.6 Å². The summed E-state index contributed by atoms with van der Waals surface area (Å²) in [5.41, 5.74) is 2.64. The van der Waals surface area contributed by atoms with Gasteiger partial charge in [-0.3, -0.25) is 19.7 Å². The molecule has 0 saturated carbocycles. The molecule has 2 saturated heterocycles. The Balaban J connectivity index is 1.29. The first-order chi connectivity index (χ1) is 17.1. The number of likely N-dealkylation sites (N-methyl/N-ethyl adjacent to an activating group) is 1. The lowest BCUT2D eigenvalue weighted by Crippen LogP contribution is -2.55. The van der Waals surface area contributed by atoms with Crippen LogP contribution in [-0.4, -0.2) is 68.5 Å². The van der Waals surface area contributed by atoms with Crippen molar-refractivity contribution in [3.8, 4) is 0 Å². The van der Waals surface area contributed by atoms with Gasteiger partial charge in [0.1, 0.15) is 10.4 Å². The van der Waals surface area contributed by atoms with Crippen molar-refractivity contribution >= 4 is 63.6 Å². The van der Waals surface area contributed by atoms with Gasteiger partial charge in [-0.15, -0.1) is 11.6 Å². The van der Waals surface area contributed by atoms with Gasteiger partial charge in [0.15, 0.2) is 0 Å². The number of imide groups is 1. The predicted molar refractivity (Wildman–Crippen MR) is 144 cm³/mol. The van der Waals surface area contributed by atoms with Gasteiger partial charge in [0.25, 0.3) is 5.91 Å². The minimum Gasteiger partial charge on any atom is -0.331 e. The first kappa shape index (κ1) is 25.0. The van der Waals surface area contributed by atoms with Crippen LogP contribution < -0.4 is 10.6 Å². The topological polar surface area (TPSA) is 98.8 Å². The first-order valence-electron chi connectivity index (χ1n) is 11.8. The molecule has 2 aliphatic heterocycles. The fourth-order valence-corrected chi connectivity index (χ4v) is 6.46. The van der Waals surface area contributed by atoms with Gasteiger partial charge < -0.3 is 15.1 Å². The van der Waals surface area contributed by atoms with E-state index in [0.717, 1.165) is 16.7 Å². The van der Waals surface area contributed by atoms with Crippen LogP contribution in [0.5, 0.6) is 0 Å². The number of carbonyl (C=O) groups is 4. The maximum absolute atomic E-state index is 13.2. The van der Waals surface area contributed by atoms with E-state index in [2.05, 4.69) is 33.2 Å². The van der Waals surface area contributed by atoms with Gasteiger partial charge in [0, 0.05) is 42.5 Å². The summed E-state index contributed by atoms with van der Waals surface area (Å²) in [6.45, 7) is 0.317. The number of halogens is 2. The van der Waals surface area contributed by atoms with Crippen LogP contribution in [0.3, 0.4) is 0 Å². The molecule has 1 spiro atoms. The highest BCUT2D eigenvalue weighted by atomic mass is 127. The minimum absolute atomic E-state index is 0.0393. The second-order valence-electron chi connectivity index (χ2n) is 9.83. The molecule has 5 rings (SSSR count). The molecule has 188 valence electrons. The van der Waals surface area contributed by atoms with E-state index in [9.17, 15) is 19.2 Å². The van der Waals surface area contributed by atoms with Crippen LogP contribution in [0.1, 0.15) is 29.0 Å². The molecule has 0 aromatic heterocycles. The van der Waals surface area contributed by atoms with Crippen LogP contribution in [-0.2, 0) is 27.2 Å². The van der Waals surface area contributed by atoms with Crippen molar-refractivity contribution in [1.29, 1.82) is 0 Å². The number of carbonyl (C=O) groups excluding carboxylic acids is 4. The van der Waals surface area contributed by atoms with Gasteiger partial charge in [0.2, 0.25) is 11.8 Å². The Morgan fingerprint density at radius 2 is 1.86 bits per heavy atom. The van der Waals surface area contributed by atoms with Gasteiger partial charge >= 0.3 is 6.03 Å². The van der Waals surface area contributed by atoms with Gasteiger partial charge in [-0.1, -0.05) is 59.0 Å². The Morgan fingerprint density at radius 3 is 2.53 bits per heavy atom. The third-order valence-electron chi connectivity index (χ3n) is 7.54. The molecule has 3 aliphatic rings. The first-order valence-corrected chi connectivity index (χ1v) is 13.7. The Labute approximate surface area is 227 Å². The molecular weight excluding hydrogens is 595 g/mol. The molecule has 5 amide bonds. The highest BCUT2D eigenvalue weighted by molar-refractivity contribution is 14.1. The zero-order valence-electron chi connectivity index (χ0n) is 19.7. The van der Waals surface area contributed by atoms with Gasteiger partial charge in [-0.05, 0) is 35.2 Å². The molecule has 0 bridgehead atoms. The van der Waals surface area contributed by atoms with Crippen LogP contribution in [0.4, 0.5) is 10.5 Å². The molecule has 2 aromatic rings. The predicted octanol–water partition coefficient (Wildman–Crippen LogP) is 3.07. The molecule has 3 atom stereocenters. The number of rotatable bonds is 5. The molecule has 2 fully saturated rings.